The van der Waals surface area contributed by atoms with Gasteiger partial charge in [-0.25, -0.2) is 4.79 Å². The quantitative estimate of drug-likeness (QED) is 0.796. The second-order valence-electron chi connectivity index (χ2n) is 4.69. The van der Waals surface area contributed by atoms with E-state index >= 15 is 0 Å². The third-order valence-electron chi connectivity index (χ3n) is 3.14. The van der Waals surface area contributed by atoms with Gasteiger partial charge in [-0.2, -0.15) is 0 Å². The van der Waals surface area contributed by atoms with E-state index in [1.54, 1.807) is 6.07 Å². The first-order valence-electron chi connectivity index (χ1n) is 5.59. The Labute approximate surface area is 86.9 Å². The van der Waals surface area contributed by atoms with E-state index in [2.05, 4.69) is 4.98 Å². The summed E-state index contributed by atoms with van der Waals surface area (Å²) in [5.41, 5.74) is 0.460. The lowest BCUT2D eigenvalue weighted by molar-refractivity contribution is 0.639. The van der Waals surface area contributed by atoms with Crippen molar-refractivity contribution in [3.8, 4) is 0 Å². The van der Waals surface area contributed by atoms with Crippen molar-refractivity contribution in [2.45, 2.75) is 38.1 Å². The van der Waals surface area contributed by atoms with Gasteiger partial charge in [-0.3, -0.25) is 9.36 Å². The van der Waals surface area contributed by atoms with Gasteiger partial charge in [-0.1, -0.05) is 0 Å². The topological polar surface area (TPSA) is 54.9 Å². The Balaban J connectivity index is 1.98. The van der Waals surface area contributed by atoms with E-state index in [-0.39, 0.29) is 17.3 Å². The fraction of sp³-hybridized carbons (Fsp3) is 0.636. The van der Waals surface area contributed by atoms with Gasteiger partial charge in [-0.05, 0) is 38.0 Å². The third-order valence-corrected chi connectivity index (χ3v) is 3.14. The zero-order valence-electron chi connectivity index (χ0n) is 8.53. The molecule has 2 aliphatic rings. The molecule has 1 aromatic rings. The van der Waals surface area contributed by atoms with Crippen molar-refractivity contribution in [3.63, 3.8) is 0 Å². The maximum absolute atomic E-state index is 11.7. The largest absolute Gasteiger partial charge is 0.328 e. The Morgan fingerprint density at radius 3 is 2.53 bits per heavy atom. The molecule has 0 radical (unpaired) electrons. The molecule has 1 N–H and O–H groups in total. The second-order valence-corrected chi connectivity index (χ2v) is 4.69. The van der Waals surface area contributed by atoms with Crippen LogP contribution in [0, 0.1) is 5.92 Å². The van der Waals surface area contributed by atoms with Crippen LogP contribution in [0.25, 0.3) is 0 Å². The molecule has 0 saturated heterocycles. The first kappa shape index (κ1) is 8.95. The van der Waals surface area contributed by atoms with Gasteiger partial charge in [0.15, 0.2) is 0 Å². The molecule has 1 aromatic heterocycles. The highest BCUT2D eigenvalue weighted by atomic mass is 16.2. The molecule has 0 atom stereocenters. The average molecular weight is 206 g/mol. The summed E-state index contributed by atoms with van der Waals surface area (Å²) >= 11 is 0. The van der Waals surface area contributed by atoms with E-state index in [1.165, 1.54) is 17.4 Å². The van der Waals surface area contributed by atoms with Gasteiger partial charge in [0.1, 0.15) is 0 Å². The highest BCUT2D eigenvalue weighted by molar-refractivity contribution is 5.04. The van der Waals surface area contributed by atoms with Gasteiger partial charge in [0.2, 0.25) is 0 Å². The summed E-state index contributed by atoms with van der Waals surface area (Å²) in [5, 5.41) is 0. The van der Waals surface area contributed by atoms with E-state index in [9.17, 15) is 9.59 Å². The summed E-state index contributed by atoms with van der Waals surface area (Å²) in [6.07, 6.45) is 5.24. The van der Waals surface area contributed by atoms with Gasteiger partial charge in [0.05, 0.1) is 0 Å². The molecule has 2 saturated carbocycles. The Morgan fingerprint density at radius 2 is 2.00 bits per heavy atom. The van der Waals surface area contributed by atoms with E-state index in [0.29, 0.717) is 5.92 Å². The van der Waals surface area contributed by atoms with Crippen LogP contribution >= 0.6 is 0 Å². The fourth-order valence-electron chi connectivity index (χ4n) is 1.97. The van der Waals surface area contributed by atoms with Gasteiger partial charge in [0, 0.05) is 17.8 Å². The summed E-state index contributed by atoms with van der Waals surface area (Å²) in [6.45, 7) is 0. The Morgan fingerprint density at radius 1 is 1.27 bits per heavy atom. The van der Waals surface area contributed by atoms with Crippen LogP contribution in [0.2, 0.25) is 0 Å². The maximum atomic E-state index is 11.7. The van der Waals surface area contributed by atoms with Gasteiger partial charge < -0.3 is 4.98 Å². The minimum atomic E-state index is -0.222. The Kier molecular flexibility index (Phi) is 1.84. The van der Waals surface area contributed by atoms with Crippen LogP contribution in [0.15, 0.2) is 15.7 Å². The van der Waals surface area contributed by atoms with Crippen LogP contribution in [-0.2, 0) is 6.42 Å². The van der Waals surface area contributed by atoms with E-state index in [4.69, 9.17) is 0 Å². The van der Waals surface area contributed by atoms with Crippen molar-refractivity contribution < 1.29 is 0 Å². The summed E-state index contributed by atoms with van der Waals surface area (Å²) in [5.74, 6) is 0.692. The zero-order chi connectivity index (χ0) is 10.4. The molecule has 4 heteroatoms. The minimum Gasteiger partial charge on any atom is -0.311 e. The predicted molar refractivity (Wildman–Crippen MR) is 56.0 cm³/mol. The summed E-state index contributed by atoms with van der Waals surface area (Å²) in [6, 6.07) is 1.76. The summed E-state index contributed by atoms with van der Waals surface area (Å²) < 4.78 is 1.36. The predicted octanol–water partition coefficient (Wildman–Crippen LogP) is 0.824. The minimum absolute atomic E-state index is 0.128. The average Bonchev–Trinajstić information content (AvgIpc) is 2.94. The lowest BCUT2D eigenvalue weighted by Crippen LogP contribution is -2.34. The van der Waals surface area contributed by atoms with Crippen molar-refractivity contribution in [2.75, 3.05) is 0 Å². The first-order chi connectivity index (χ1) is 7.24. The van der Waals surface area contributed by atoms with Crippen molar-refractivity contribution in [3.05, 3.63) is 32.6 Å². The lowest BCUT2D eigenvalue weighted by atomic mass is 10.2. The molecule has 3 rings (SSSR count). The van der Waals surface area contributed by atoms with Gasteiger partial charge >= 0.3 is 5.69 Å². The van der Waals surface area contributed by atoms with Crippen molar-refractivity contribution in [1.82, 2.24) is 9.55 Å². The van der Waals surface area contributed by atoms with E-state index in [0.717, 1.165) is 25.0 Å². The molecule has 4 nitrogen and oxygen atoms in total. The number of nitrogens with zero attached hydrogens (tertiary/aromatic N) is 1. The molecule has 15 heavy (non-hydrogen) atoms. The monoisotopic (exact) mass is 206 g/mol. The fourth-order valence-corrected chi connectivity index (χ4v) is 1.97. The smallest absolute Gasteiger partial charge is 0.311 e. The molecule has 0 amide bonds. The van der Waals surface area contributed by atoms with E-state index in [1.807, 2.05) is 0 Å². The molecule has 0 spiro atoms. The summed E-state index contributed by atoms with van der Waals surface area (Å²) in [4.78, 5) is 26.2. The Hall–Kier alpha value is -1.32. The third kappa shape index (κ3) is 1.76. The van der Waals surface area contributed by atoms with Crippen molar-refractivity contribution >= 4 is 0 Å². The normalized spacial score (nSPS) is 20.5. The SMILES string of the molecule is O=c1cc(CC2CC2)[nH]c(=O)n1C1CC1. The number of aromatic nitrogens is 2. The maximum Gasteiger partial charge on any atom is 0.328 e. The number of nitrogens with one attached hydrogen (secondary N) is 1. The van der Waals surface area contributed by atoms with Crippen molar-refractivity contribution in [1.29, 1.82) is 0 Å². The molecule has 0 bridgehead atoms. The van der Waals surface area contributed by atoms with Crippen LogP contribution < -0.4 is 11.2 Å². The molecule has 0 aromatic carbocycles. The van der Waals surface area contributed by atoms with Crippen molar-refractivity contribution in [2.24, 2.45) is 5.92 Å². The molecule has 80 valence electrons. The first-order valence-corrected chi connectivity index (χ1v) is 5.59. The number of hydrogen-bond donors (Lipinski definition) is 1. The summed E-state index contributed by atoms with van der Waals surface area (Å²) in [7, 11) is 0. The number of aromatic amines is 1. The van der Waals surface area contributed by atoms with Crippen LogP contribution in [0.5, 0.6) is 0 Å². The number of H-pyrrole nitrogens is 1. The molecular weight excluding hydrogens is 192 g/mol. The number of hydrogen-bond acceptors (Lipinski definition) is 2. The zero-order valence-corrected chi connectivity index (χ0v) is 8.53. The molecule has 0 unspecified atom stereocenters. The van der Waals surface area contributed by atoms with E-state index < -0.39 is 0 Å². The van der Waals surface area contributed by atoms with Gasteiger partial charge in [-0.15, -0.1) is 0 Å². The second kappa shape index (κ2) is 3.08. The molecule has 2 aliphatic carbocycles. The molecule has 0 aliphatic heterocycles. The Bertz CT molecular complexity index is 461. The van der Waals surface area contributed by atoms with Crippen LogP contribution in [0.3, 0.4) is 0 Å². The highest BCUT2D eigenvalue weighted by Gasteiger charge is 2.27. The standard InChI is InChI=1S/C11H14N2O2/c14-10-6-8(5-7-1-2-7)12-11(15)13(10)9-3-4-9/h6-7,9H,1-5H2,(H,12,15). The van der Waals surface area contributed by atoms with Crippen LogP contribution in [-0.4, -0.2) is 9.55 Å². The lowest BCUT2D eigenvalue weighted by Gasteiger charge is -2.03. The van der Waals surface area contributed by atoms with Crippen LogP contribution in [0.4, 0.5) is 0 Å². The van der Waals surface area contributed by atoms with Crippen LogP contribution in [0.1, 0.15) is 37.4 Å². The number of rotatable bonds is 3. The molecule has 2 fully saturated rings. The highest BCUT2D eigenvalue weighted by Crippen LogP contribution is 2.33. The molecule has 1 heterocycles. The van der Waals surface area contributed by atoms with Gasteiger partial charge in [0.25, 0.3) is 5.56 Å². The molecular formula is C11H14N2O2.